The van der Waals surface area contributed by atoms with E-state index in [0.29, 0.717) is 17.8 Å². The number of nitrogens with zero attached hydrogens (tertiary/aromatic N) is 1. The van der Waals surface area contributed by atoms with Gasteiger partial charge >= 0.3 is 0 Å². The normalized spacial score (nSPS) is 12.3. The molecule has 1 unspecified atom stereocenters. The minimum atomic E-state index is -3.34. The van der Waals surface area contributed by atoms with Crippen LogP contribution in [0.3, 0.4) is 0 Å². The molecule has 0 radical (unpaired) electrons. The van der Waals surface area contributed by atoms with E-state index in [-0.39, 0.29) is 11.9 Å². The van der Waals surface area contributed by atoms with Crippen molar-refractivity contribution in [3.05, 3.63) is 59.7 Å². The largest absolute Gasteiger partial charge is 0.497 e. The summed E-state index contributed by atoms with van der Waals surface area (Å²) in [5.41, 5.74) is 1.97. The van der Waals surface area contributed by atoms with Crippen molar-refractivity contribution < 1.29 is 17.9 Å². The third-order valence-corrected chi connectivity index (χ3v) is 5.34. The lowest BCUT2D eigenvalue weighted by Gasteiger charge is -2.20. The summed E-state index contributed by atoms with van der Waals surface area (Å²) in [6.07, 6.45) is 1.16. The average Bonchev–Trinajstić information content (AvgIpc) is 2.61. The number of rotatable bonds is 7. The molecule has 0 aliphatic heterocycles. The zero-order chi connectivity index (χ0) is 19.3. The van der Waals surface area contributed by atoms with Crippen LogP contribution in [0.4, 0.5) is 5.69 Å². The molecule has 0 aromatic heterocycles. The molecule has 1 N–H and O–H groups in total. The van der Waals surface area contributed by atoms with Crippen molar-refractivity contribution in [1.29, 1.82) is 0 Å². The Morgan fingerprint density at radius 1 is 1.12 bits per heavy atom. The number of methoxy groups -OCH3 is 1. The van der Waals surface area contributed by atoms with Crippen LogP contribution in [0.2, 0.25) is 0 Å². The van der Waals surface area contributed by atoms with Crippen molar-refractivity contribution >= 4 is 21.6 Å². The molecule has 2 rings (SSSR count). The van der Waals surface area contributed by atoms with Crippen LogP contribution in [-0.2, 0) is 10.0 Å². The molecule has 1 amide bonds. The number of carbonyl (C=O) groups is 1. The van der Waals surface area contributed by atoms with Crippen LogP contribution in [0.1, 0.15) is 35.8 Å². The van der Waals surface area contributed by atoms with E-state index in [9.17, 15) is 13.2 Å². The van der Waals surface area contributed by atoms with Crippen LogP contribution < -0.4 is 14.4 Å². The molecule has 0 saturated carbocycles. The van der Waals surface area contributed by atoms with Crippen molar-refractivity contribution in [3.63, 3.8) is 0 Å². The maximum Gasteiger partial charge on any atom is 0.251 e. The van der Waals surface area contributed by atoms with Gasteiger partial charge in [0.2, 0.25) is 10.0 Å². The minimum Gasteiger partial charge on any atom is -0.497 e. The Labute approximate surface area is 154 Å². The maximum absolute atomic E-state index is 12.4. The quantitative estimate of drug-likeness (QED) is 0.806. The van der Waals surface area contributed by atoms with Crippen LogP contribution in [0.15, 0.2) is 48.5 Å². The number of anilines is 1. The van der Waals surface area contributed by atoms with Gasteiger partial charge in [-0.3, -0.25) is 9.10 Å². The van der Waals surface area contributed by atoms with Gasteiger partial charge in [-0.25, -0.2) is 8.42 Å². The van der Waals surface area contributed by atoms with Crippen LogP contribution in [0, 0.1) is 0 Å². The number of sulfonamides is 1. The Bertz CT molecular complexity index is 846. The second-order valence-electron chi connectivity index (χ2n) is 5.94. The zero-order valence-corrected chi connectivity index (χ0v) is 16.2. The first-order chi connectivity index (χ1) is 12.3. The number of nitrogens with one attached hydrogen (secondary N) is 1. The van der Waals surface area contributed by atoms with Crippen molar-refractivity contribution in [2.24, 2.45) is 0 Å². The highest BCUT2D eigenvalue weighted by Crippen LogP contribution is 2.20. The number of hydrogen-bond donors (Lipinski definition) is 1. The molecule has 2 aromatic rings. The fourth-order valence-corrected chi connectivity index (χ4v) is 3.62. The second kappa shape index (κ2) is 8.23. The fraction of sp³-hybridized carbons (Fsp3) is 0.316. The number of benzene rings is 2. The Hall–Kier alpha value is -2.54. The molecule has 140 valence electrons. The van der Waals surface area contributed by atoms with E-state index < -0.39 is 10.0 Å². The van der Waals surface area contributed by atoms with Gasteiger partial charge in [0.15, 0.2) is 0 Å². The summed E-state index contributed by atoms with van der Waals surface area (Å²) in [6.45, 7) is 3.99. The summed E-state index contributed by atoms with van der Waals surface area (Å²) < 4.78 is 30.0. The summed E-state index contributed by atoms with van der Waals surface area (Å²) in [7, 11) is -1.73. The lowest BCUT2D eigenvalue weighted by Crippen LogP contribution is -2.29. The van der Waals surface area contributed by atoms with Gasteiger partial charge in [-0.2, -0.15) is 0 Å². The van der Waals surface area contributed by atoms with Crippen molar-refractivity contribution in [3.8, 4) is 5.75 Å². The lowest BCUT2D eigenvalue weighted by atomic mass is 10.1. The number of amides is 1. The van der Waals surface area contributed by atoms with Crippen molar-refractivity contribution in [2.45, 2.75) is 19.9 Å². The summed E-state index contributed by atoms with van der Waals surface area (Å²) in [5, 5.41) is 2.93. The van der Waals surface area contributed by atoms with Crippen LogP contribution in [0.25, 0.3) is 0 Å². The second-order valence-corrected chi connectivity index (χ2v) is 7.85. The van der Waals surface area contributed by atoms with E-state index in [4.69, 9.17) is 4.74 Å². The van der Waals surface area contributed by atoms with Gasteiger partial charge in [-0.05, 0) is 55.8 Å². The molecule has 0 saturated heterocycles. The van der Waals surface area contributed by atoms with E-state index in [1.165, 1.54) is 4.31 Å². The predicted molar refractivity (Wildman–Crippen MR) is 103 cm³/mol. The van der Waals surface area contributed by atoms with E-state index in [1.807, 2.05) is 31.2 Å². The SMILES string of the molecule is CCN(c1ccc(C(=O)NC(C)c2ccc(OC)cc2)cc1)S(C)(=O)=O. The van der Waals surface area contributed by atoms with Gasteiger partial charge < -0.3 is 10.1 Å². The molecular weight excluding hydrogens is 352 g/mol. The highest BCUT2D eigenvalue weighted by atomic mass is 32.2. The van der Waals surface area contributed by atoms with Gasteiger partial charge in [0, 0.05) is 12.1 Å². The smallest absolute Gasteiger partial charge is 0.251 e. The number of ether oxygens (including phenoxy) is 1. The zero-order valence-electron chi connectivity index (χ0n) is 15.4. The molecule has 1 atom stereocenters. The molecule has 0 spiro atoms. The van der Waals surface area contributed by atoms with Gasteiger partial charge in [-0.1, -0.05) is 12.1 Å². The molecule has 6 nitrogen and oxygen atoms in total. The number of carbonyl (C=O) groups excluding carboxylic acids is 1. The predicted octanol–water partition coefficient (Wildman–Crippen LogP) is 2.97. The van der Waals surface area contributed by atoms with E-state index in [0.717, 1.165) is 17.6 Å². The van der Waals surface area contributed by atoms with Gasteiger partial charge in [0.1, 0.15) is 5.75 Å². The van der Waals surface area contributed by atoms with Crippen LogP contribution >= 0.6 is 0 Å². The first-order valence-electron chi connectivity index (χ1n) is 8.29. The Balaban J connectivity index is 2.09. The monoisotopic (exact) mass is 376 g/mol. The van der Waals surface area contributed by atoms with E-state index in [1.54, 1.807) is 38.3 Å². The lowest BCUT2D eigenvalue weighted by molar-refractivity contribution is 0.0940. The molecule has 7 heteroatoms. The first-order valence-corrected chi connectivity index (χ1v) is 10.1. The van der Waals surface area contributed by atoms with Crippen molar-refractivity contribution in [2.75, 3.05) is 24.2 Å². The molecule has 26 heavy (non-hydrogen) atoms. The highest BCUT2D eigenvalue weighted by molar-refractivity contribution is 7.92. The first kappa shape index (κ1) is 19.8. The average molecular weight is 376 g/mol. The van der Waals surface area contributed by atoms with Crippen LogP contribution in [-0.4, -0.2) is 34.2 Å². The summed E-state index contributed by atoms with van der Waals surface area (Å²) in [5.74, 6) is 0.538. The van der Waals surface area contributed by atoms with Gasteiger partial charge in [0.05, 0.1) is 25.1 Å². The molecule has 2 aromatic carbocycles. The minimum absolute atomic E-state index is 0.170. The Morgan fingerprint density at radius 2 is 1.69 bits per heavy atom. The standard InChI is InChI=1S/C19H24N2O4S/c1-5-21(26(4,23)24)17-10-6-16(7-11-17)19(22)20-14(2)15-8-12-18(25-3)13-9-15/h6-14H,5H2,1-4H3,(H,20,22). The fourth-order valence-electron chi connectivity index (χ4n) is 2.64. The third-order valence-electron chi connectivity index (χ3n) is 4.07. The molecular formula is C19H24N2O4S. The van der Waals surface area contributed by atoms with Gasteiger partial charge in [0.25, 0.3) is 5.91 Å². The molecule has 0 heterocycles. The molecule has 0 aliphatic carbocycles. The highest BCUT2D eigenvalue weighted by Gasteiger charge is 2.16. The Morgan fingerprint density at radius 3 is 2.15 bits per heavy atom. The Kier molecular flexibility index (Phi) is 6.26. The van der Waals surface area contributed by atoms with Crippen LogP contribution in [0.5, 0.6) is 5.75 Å². The van der Waals surface area contributed by atoms with E-state index in [2.05, 4.69) is 5.32 Å². The third kappa shape index (κ3) is 4.76. The topological polar surface area (TPSA) is 75.7 Å². The maximum atomic E-state index is 12.4. The molecule has 0 bridgehead atoms. The summed E-state index contributed by atoms with van der Waals surface area (Å²) in [4.78, 5) is 12.4. The van der Waals surface area contributed by atoms with Crippen molar-refractivity contribution in [1.82, 2.24) is 5.32 Å². The summed E-state index contributed by atoms with van der Waals surface area (Å²) in [6, 6.07) is 13.8. The molecule has 0 aliphatic rings. The van der Waals surface area contributed by atoms with E-state index >= 15 is 0 Å². The van der Waals surface area contributed by atoms with Gasteiger partial charge in [-0.15, -0.1) is 0 Å². The number of hydrogen-bond acceptors (Lipinski definition) is 4. The molecule has 0 fully saturated rings. The summed E-state index contributed by atoms with van der Waals surface area (Å²) >= 11 is 0.